The Morgan fingerprint density at radius 3 is 2.89 bits per heavy atom. The number of likely N-dealkylation sites (N-methyl/N-ethyl adjacent to an activating group) is 1. The Morgan fingerprint density at radius 1 is 1.50 bits per heavy atom. The second kappa shape index (κ2) is 7.62. The van der Waals surface area contributed by atoms with Gasteiger partial charge in [0.25, 0.3) is 0 Å². The van der Waals surface area contributed by atoms with Gasteiger partial charge in [0.1, 0.15) is 5.82 Å². The molecular weight excluding hydrogens is 230 g/mol. The van der Waals surface area contributed by atoms with E-state index in [2.05, 4.69) is 27.6 Å². The lowest BCUT2D eigenvalue weighted by molar-refractivity contribution is -0.121. The maximum atomic E-state index is 11.4. The highest BCUT2D eigenvalue weighted by Gasteiger charge is 2.10. The van der Waals surface area contributed by atoms with Crippen molar-refractivity contribution in [1.82, 2.24) is 15.2 Å². The third-order valence-electron chi connectivity index (χ3n) is 2.53. The molecule has 0 fully saturated rings. The van der Waals surface area contributed by atoms with Crippen LogP contribution in [0.1, 0.15) is 19.0 Å². The Morgan fingerprint density at radius 2 is 2.28 bits per heavy atom. The fourth-order valence-electron chi connectivity index (χ4n) is 1.69. The van der Waals surface area contributed by atoms with Crippen LogP contribution in [0.15, 0.2) is 18.2 Å². The molecule has 0 aromatic carbocycles. The molecule has 1 rings (SSSR count). The van der Waals surface area contributed by atoms with Crippen molar-refractivity contribution >= 4 is 11.7 Å². The summed E-state index contributed by atoms with van der Waals surface area (Å²) >= 11 is 0. The van der Waals surface area contributed by atoms with Crippen molar-refractivity contribution in [2.75, 3.05) is 25.6 Å². The molecule has 0 aliphatic heterocycles. The highest BCUT2D eigenvalue weighted by atomic mass is 16.1. The summed E-state index contributed by atoms with van der Waals surface area (Å²) in [6.45, 7) is 3.96. The maximum absolute atomic E-state index is 11.4. The van der Waals surface area contributed by atoms with Crippen molar-refractivity contribution in [3.8, 4) is 0 Å². The van der Waals surface area contributed by atoms with Gasteiger partial charge in [0.15, 0.2) is 0 Å². The van der Waals surface area contributed by atoms with Gasteiger partial charge in [-0.15, -0.1) is 0 Å². The molecule has 0 aliphatic carbocycles. The van der Waals surface area contributed by atoms with Crippen molar-refractivity contribution < 1.29 is 4.79 Å². The minimum absolute atomic E-state index is 0.0107. The normalized spacial score (nSPS) is 10.4. The van der Waals surface area contributed by atoms with Crippen LogP contribution in [0.4, 0.5) is 5.82 Å². The SMILES string of the molecule is CCCN(CC(=O)NC)Cc1cccc(NN)n1. The molecule has 1 aromatic rings. The van der Waals surface area contributed by atoms with E-state index in [9.17, 15) is 4.79 Å². The number of anilines is 1. The van der Waals surface area contributed by atoms with E-state index in [4.69, 9.17) is 5.84 Å². The number of hydrogen-bond acceptors (Lipinski definition) is 5. The Hall–Kier alpha value is -1.66. The predicted octanol–water partition coefficient (Wildman–Crippen LogP) is 0.325. The van der Waals surface area contributed by atoms with Crippen LogP contribution in [0.2, 0.25) is 0 Å². The van der Waals surface area contributed by atoms with Gasteiger partial charge in [0.2, 0.25) is 5.91 Å². The molecule has 4 N–H and O–H groups in total. The summed E-state index contributed by atoms with van der Waals surface area (Å²) < 4.78 is 0. The number of aromatic nitrogens is 1. The summed E-state index contributed by atoms with van der Waals surface area (Å²) in [7, 11) is 1.64. The van der Waals surface area contributed by atoms with Crippen LogP contribution in [-0.2, 0) is 11.3 Å². The van der Waals surface area contributed by atoms with Gasteiger partial charge in [-0.25, -0.2) is 10.8 Å². The molecule has 0 spiro atoms. The molecule has 0 atom stereocenters. The number of amides is 1. The van der Waals surface area contributed by atoms with Crippen LogP contribution in [0.3, 0.4) is 0 Å². The van der Waals surface area contributed by atoms with Crippen LogP contribution in [0.25, 0.3) is 0 Å². The molecule has 1 amide bonds. The standard InChI is InChI=1S/C12H21N5O/c1-3-7-17(9-12(18)14-2)8-10-5-4-6-11(15-10)16-13/h4-6H,3,7-9,13H2,1-2H3,(H,14,18)(H,15,16). The molecule has 0 bridgehead atoms. The van der Waals surface area contributed by atoms with E-state index < -0.39 is 0 Å². The Labute approximate surface area is 108 Å². The zero-order valence-electron chi connectivity index (χ0n) is 10.9. The van der Waals surface area contributed by atoms with Crippen molar-refractivity contribution in [2.24, 2.45) is 5.84 Å². The lowest BCUT2D eigenvalue weighted by atomic mass is 10.3. The molecule has 18 heavy (non-hydrogen) atoms. The van der Waals surface area contributed by atoms with Gasteiger partial charge in [-0.3, -0.25) is 9.69 Å². The van der Waals surface area contributed by atoms with Crippen molar-refractivity contribution in [1.29, 1.82) is 0 Å². The van der Waals surface area contributed by atoms with Gasteiger partial charge >= 0.3 is 0 Å². The molecule has 6 heteroatoms. The van der Waals surface area contributed by atoms with E-state index in [1.54, 1.807) is 13.1 Å². The number of hydrogen-bond donors (Lipinski definition) is 3. The van der Waals surface area contributed by atoms with Gasteiger partial charge in [0, 0.05) is 13.6 Å². The minimum atomic E-state index is 0.0107. The number of pyridine rings is 1. The first-order valence-corrected chi connectivity index (χ1v) is 6.05. The topological polar surface area (TPSA) is 83.3 Å². The largest absolute Gasteiger partial charge is 0.358 e. The van der Waals surface area contributed by atoms with Crippen molar-refractivity contribution in [3.63, 3.8) is 0 Å². The average molecular weight is 251 g/mol. The summed E-state index contributed by atoms with van der Waals surface area (Å²) in [6.07, 6.45) is 0.992. The second-order valence-electron chi connectivity index (χ2n) is 4.04. The van der Waals surface area contributed by atoms with Gasteiger partial charge in [0.05, 0.1) is 12.2 Å². The van der Waals surface area contributed by atoms with Crippen LogP contribution in [0.5, 0.6) is 0 Å². The highest BCUT2D eigenvalue weighted by molar-refractivity contribution is 5.77. The van der Waals surface area contributed by atoms with E-state index in [1.165, 1.54) is 0 Å². The molecule has 1 aromatic heterocycles. The molecule has 0 saturated heterocycles. The summed E-state index contributed by atoms with van der Waals surface area (Å²) in [6, 6.07) is 5.61. The van der Waals surface area contributed by atoms with Gasteiger partial charge in [-0.05, 0) is 25.1 Å². The van der Waals surface area contributed by atoms with Crippen LogP contribution < -0.4 is 16.6 Å². The number of nitrogens with zero attached hydrogens (tertiary/aromatic N) is 2. The Bertz CT molecular complexity index is 382. The first-order valence-electron chi connectivity index (χ1n) is 6.05. The predicted molar refractivity (Wildman–Crippen MR) is 71.7 cm³/mol. The second-order valence-corrected chi connectivity index (χ2v) is 4.04. The Kier molecular flexibility index (Phi) is 6.10. The van der Waals surface area contributed by atoms with E-state index in [-0.39, 0.29) is 5.91 Å². The fraction of sp³-hybridized carbons (Fsp3) is 0.500. The first-order chi connectivity index (χ1) is 8.69. The first kappa shape index (κ1) is 14.4. The maximum Gasteiger partial charge on any atom is 0.233 e. The molecule has 1 heterocycles. The van der Waals surface area contributed by atoms with E-state index in [1.807, 2.05) is 12.1 Å². The van der Waals surface area contributed by atoms with Gasteiger partial charge in [-0.1, -0.05) is 13.0 Å². The van der Waals surface area contributed by atoms with Crippen molar-refractivity contribution in [2.45, 2.75) is 19.9 Å². The van der Waals surface area contributed by atoms with E-state index in [0.29, 0.717) is 18.9 Å². The molecular formula is C12H21N5O. The lowest BCUT2D eigenvalue weighted by Crippen LogP contribution is -2.35. The number of carbonyl (C=O) groups excluding carboxylic acids is 1. The van der Waals surface area contributed by atoms with Crippen molar-refractivity contribution in [3.05, 3.63) is 23.9 Å². The third-order valence-corrected chi connectivity index (χ3v) is 2.53. The number of hydrazine groups is 1. The van der Waals surface area contributed by atoms with Gasteiger partial charge in [-0.2, -0.15) is 0 Å². The zero-order chi connectivity index (χ0) is 13.4. The zero-order valence-corrected chi connectivity index (χ0v) is 10.9. The van der Waals surface area contributed by atoms with Crippen LogP contribution in [-0.4, -0.2) is 35.9 Å². The van der Waals surface area contributed by atoms with E-state index in [0.717, 1.165) is 18.7 Å². The smallest absolute Gasteiger partial charge is 0.233 e. The summed E-state index contributed by atoms with van der Waals surface area (Å²) in [5.41, 5.74) is 3.41. The quantitative estimate of drug-likeness (QED) is 0.480. The number of nitrogens with one attached hydrogen (secondary N) is 2. The number of nitrogens with two attached hydrogens (primary N) is 1. The van der Waals surface area contributed by atoms with Crippen LogP contribution in [0, 0.1) is 0 Å². The molecule has 0 radical (unpaired) electrons. The monoisotopic (exact) mass is 251 g/mol. The summed E-state index contributed by atoms with van der Waals surface area (Å²) in [4.78, 5) is 17.8. The van der Waals surface area contributed by atoms with E-state index >= 15 is 0 Å². The molecule has 0 unspecified atom stereocenters. The summed E-state index contributed by atoms with van der Waals surface area (Å²) in [5.74, 6) is 5.96. The third kappa shape index (κ3) is 4.68. The lowest BCUT2D eigenvalue weighted by Gasteiger charge is -2.20. The molecule has 6 nitrogen and oxygen atoms in total. The highest BCUT2D eigenvalue weighted by Crippen LogP contribution is 2.06. The minimum Gasteiger partial charge on any atom is -0.358 e. The average Bonchev–Trinajstić information content (AvgIpc) is 2.39. The van der Waals surface area contributed by atoms with Crippen LogP contribution >= 0.6 is 0 Å². The van der Waals surface area contributed by atoms with Gasteiger partial charge < -0.3 is 10.7 Å². The summed E-state index contributed by atoms with van der Waals surface area (Å²) in [5, 5.41) is 2.63. The molecule has 100 valence electrons. The Balaban J connectivity index is 2.66. The molecule has 0 saturated carbocycles. The number of carbonyl (C=O) groups is 1. The molecule has 0 aliphatic rings. The fourth-order valence-corrected chi connectivity index (χ4v) is 1.69. The number of rotatable bonds is 7. The number of nitrogen functional groups attached to an aromatic ring is 1.